The first-order valence-corrected chi connectivity index (χ1v) is 6.14. The standard InChI is InChI=1S/C13H16ClN3O/c1-17-8-9(7-16-17)2-5-13(18)11-4-3-10(14)6-12(11)15/h3-4,6-8,13,18H,2,5,15H2,1H3. The van der Waals surface area contributed by atoms with Crippen LogP contribution in [0.25, 0.3) is 0 Å². The summed E-state index contributed by atoms with van der Waals surface area (Å²) in [6.45, 7) is 0. The van der Waals surface area contributed by atoms with Crippen LogP contribution < -0.4 is 5.73 Å². The van der Waals surface area contributed by atoms with Gasteiger partial charge in [0.05, 0.1) is 12.3 Å². The molecule has 1 atom stereocenters. The number of aryl methyl sites for hydroxylation is 2. The molecular formula is C13H16ClN3O. The molecule has 3 N–H and O–H groups in total. The van der Waals surface area contributed by atoms with Gasteiger partial charge >= 0.3 is 0 Å². The van der Waals surface area contributed by atoms with Crippen LogP contribution in [0.2, 0.25) is 5.02 Å². The Morgan fingerprint density at radius 1 is 1.50 bits per heavy atom. The van der Waals surface area contributed by atoms with E-state index in [1.807, 2.05) is 13.2 Å². The average Bonchev–Trinajstić information content (AvgIpc) is 2.72. The number of nitrogens with zero attached hydrogens (tertiary/aromatic N) is 2. The van der Waals surface area contributed by atoms with E-state index in [-0.39, 0.29) is 0 Å². The van der Waals surface area contributed by atoms with Gasteiger partial charge in [-0.2, -0.15) is 5.10 Å². The first kappa shape index (κ1) is 12.9. The van der Waals surface area contributed by atoms with Gasteiger partial charge in [0.15, 0.2) is 0 Å². The normalized spacial score (nSPS) is 12.6. The summed E-state index contributed by atoms with van der Waals surface area (Å²) < 4.78 is 1.75. The van der Waals surface area contributed by atoms with Crippen molar-refractivity contribution in [2.45, 2.75) is 18.9 Å². The van der Waals surface area contributed by atoms with E-state index in [2.05, 4.69) is 5.10 Å². The molecule has 2 aromatic rings. The molecule has 0 saturated heterocycles. The second-order valence-corrected chi connectivity index (χ2v) is 4.79. The zero-order valence-corrected chi connectivity index (χ0v) is 10.9. The van der Waals surface area contributed by atoms with Gasteiger partial charge in [0, 0.05) is 29.5 Å². The summed E-state index contributed by atoms with van der Waals surface area (Å²) in [5.74, 6) is 0. The lowest BCUT2D eigenvalue weighted by molar-refractivity contribution is 0.168. The first-order valence-electron chi connectivity index (χ1n) is 5.77. The molecule has 0 amide bonds. The fraction of sp³-hybridized carbons (Fsp3) is 0.308. The third-order valence-corrected chi connectivity index (χ3v) is 3.11. The maximum absolute atomic E-state index is 10.1. The van der Waals surface area contributed by atoms with Crippen molar-refractivity contribution in [1.29, 1.82) is 0 Å². The summed E-state index contributed by atoms with van der Waals surface area (Å²) in [6, 6.07) is 5.16. The molecule has 0 aliphatic rings. The van der Waals surface area contributed by atoms with Crippen molar-refractivity contribution in [3.63, 3.8) is 0 Å². The molecule has 2 rings (SSSR count). The predicted molar refractivity (Wildman–Crippen MR) is 72.4 cm³/mol. The van der Waals surface area contributed by atoms with Gasteiger partial charge < -0.3 is 10.8 Å². The number of benzene rings is 1. The Bertz CT molecular complexity index is 539. The number of hydrogen-bond acceptors (Lipinski definition) is 3. The van der Waals surface area contributed by atoms with E-state index in [4.69, 9.17) is 17.3 Å². The molecule has 0 bridgehead atoms. The molecule has 1 aromatic carbocycles. The largest absolute Gasteiger partial charge is 0.398 e. The van der Waals surface area contributed by atoms with Gasteiger partial charge in [-0.15, -0.1) is 0 Å². The van der Waals surface area contributed by atoms with Crippen LogP contribution in [-0.2, 0) is 13.5 Å². The van der Waals surface area contributed by atoms with Gasteiger partial charge in [-0.05, 0) is 30.5 Å². The van der Waals surface area contributed by atoms with E-state index in [1.54, 1.807) is 29.1 Å². The first-order chi connectivity index (χ1) is 8.56. The Morgan fingerprint density at radius 2 is 2.28 bits per heavy atom. The highest BCUT2D eigenvalue weighted by molar-refractivity contribution is 6.30. The molecule has 5 heteroatoms. The van der Waals surface area contributed by atoms with Crippen LogP contribution in [0, 0.1) is 0 Å². The minimum absolute atomic E-state index is 0.529. The van der Waals surface area contributed by atoms with Crippen LogP contribution in [-0.4, -0.2) is 14.9 Å². The summed E-state index contributed by atoms with van der Waals surface area (Å²) in [7, 11) is 1.87. The molecule has 1 unspecified atom stereocenters. The van der Waals surface area contributed by atoms with E-state index >= 15 is 0 Å². The van der Waals surface area contributed by atoms with Crippen LogP contribution in [0.4, 0.5) is 5.69 Å². The van der Waals surface area contributed by atoms with E-state index in [0.29, 0.717) is 17.1 Å². The molecule has 1 heterocycles. The van der Waals surface area contributed by atoms with Crippen molar-refractivity contribution >= 4 is 17.3 Å². The highest BCUT2D eigenvalue weighted by Gasteiger charge is 2.11. The van der Waals surface area contributed by atoms with Crippen LogP contribution in [0.15, 0.2) is 30.6 Å². The minimum Gasteiger partial charge on any atom is -0.398 e. The SMILES string of the molecule is Cn1cc(CCC(O)c2ccc(Cl)cc2N)cn1. The highest BCUT2D eigenvalue weighted by Crippen LogP contribution is 2.26. The number of aliphatic hydroxyl groups is 1. The van der Waals surface area contributed by atoms with Crippen LogP contribution in [0.1, 0.15) is 23.7 Å². The number of aliphatic hydroxyl groups excluding tert-OH is 1. The fourth-order valence-corrected chi connectivity index (χ4v) is 2.09. The molecule has 0 aliphatic heterocycles. The maximum Gasteiger partial charge on any atom is 0.0813 e. The number of aromatic nitrogens is 2. The summed E-state index contributed by atoms with van der Waals surface area (Å²) in [6.07, 6.45) is 4.53. The lowest BCUT2D eigenvalue weighted by Gasteiger charge is -2.13. The number of rotatable bonds is 4. The topological polar surface area (TPSA) is 64.1 Å². The van der Waals surface area contributed by atoms with Gasteiger partial charge in [-0.25, -0.2) is 0 Å². The molecule has 0 spiro atoms. The van der Waals surface area contributed by atoms with E-state index < -0.39 is 6.10 Å². The van der Waals surface area contributed by atoms with Gasteiger partial charge in [-0.1, -0.05) is 17.7 Å². The predicted octanol–water partition coefficient (Wildman–Crippen LogP) is 2.32. The summed E-state index contributed by atoms with van der Waals surface area (Å²) >= 11 is 5.82. The molecule has 4 nitrogen and oxygen atoms in total. The molecule has 1 aromatic heterocycles. The van der Waals surface area contributed by atoms with Gasteiger partial charge in [0.2, 0.25) is 0 Å². The van der Waals surface area contributed by atoms with E-state index in [1.165, 1.54) is 0 Å². The quantitative estimate of drug-likeness (QED) is 0.834. The lowest BCUT2D eigenvalue weighted by atomic mass is 10.0. The molecule has 0 fully saturated rings. The summed E-state index contributed by atoms with van der Waals surface area (Å²) in [4.78, 5) is 0. The number of nitrogens with two attached hydrogens (primary N) is 1. The highest BCUT2D eigenvalue weighted by atomic mass is 35.5. The lowest BCUT2D eigenvalue weighted by Crippen LogP contribution is -2.03. The van der Waals surface area contributed by atoms with Crippen LogP contribution in [0.5, 0.6) is 0 Å². The van der Waals surface area contributed by atoms with E-state index in [9.17, 15) is 5.11 Å². The second kappa shape index (κ2) is 5.42. The number of halogens is 1. The monoisotopic (exact) mass is 265 g/mol. The third kappa shape index (κ3) is 3.03. The van der Waals surface area contributed by atoms with Crippen molar-refractivity contribution in [2.75, 3.05) is 5.73 Å². The van der Waals surface area contributed by atoms with Crippen molar-refractivity contribution in [3.05, 3.63) is 46.7 Å². The number of anilines is 1. The van der Waals surface area contributed by atoms with E-state index in [0.717, 1.165) is 17.5 Å². The van der Waals surface area contributed by atoms with Gasteiger partial charge in [-0.3, -0.25) is 4.68 Å². The molecule has 18 heavy (non-hydrogen) atoms. The number of nitrogen functional groups attached to an aromatic ring is 1. The van der Waals surface area contributed by atoms with Crippen molar-refractivity contribution in [1.82, 2.24) is 9.78 Å². The smallest absolute Gasteiger partial charge is 0.0813 e. The zero-order chi connectivity index (χ0) is 13.1. The third-order valence-electron chi connectivity index (χ3n) is 2.87. The average molecular weight is 266 g/mol. The zero-order valence-electron chi connectivity index (χ0n) is 10.2. The molecule has 0 saturated carbocycles. The molecular weight excluding hydrogens is 250 g/mol. The number of hydrogen-bond donors (Lipinski definition) is 2. The Balaban J connectivity index is 2.01. The molecule has 0 aliphatic carbocycles. The van der Waals surface area contributed by atoms with Crippen molar-refractivity contribution in [2.24, 2.45) is 7.05 Å². The van der Waals surface area contributed by atoms with Crippen molar-refractivity contribution in [3.8, 4) is 0 Å². The van der Waals surface area contributed by atoms with Crippen molar-refractivity contribution < 1.29 is 5.11 Å². The minimum atomic E-state index is -0.581. The molecule has 96 valence electrons. The molecule has 0 radical (unpaired) electrons. The Hall–Kier alpha value is -1.52. The van der Waals surface area contributed by atoms with Crippen LogP contribution in [0.3, 0.4) is 0 Å². The van der Waals surface area contributed by atoms with Crippen LogP contribution >= 0.6 is 11.6 Å². The summed E-state index contributed by atoms with van der Waals surface area (Å²) in [5, 5.41) is 14.8. The fourth-order valence-electron chi connectivity index (χ4n) is 1.91. The summed E-state index contributed by atoms with van der Waals surface area (Å²) in [5.41, 5.74) is 8.19. The second-order valence-electron chi connectivity index (χ2n) is 4.35. The maximum atomic E-state index is 10.1. The Morgan fingerprint density at radius 3 is 2.89 bits per heavy atom. The Labute approximate surface area is 111 Å². The van der Waals surface area contributed by atoms with Gasteiger partial charge in [0.25, 0.3) is 0 Å². The Kier molecular flexibility index (Phi) is 3.89. The van der Waals surface area contributed by atoms with Gasteiger partial charge in [0.1, 0.15) is 0 Å².